The molecule has 3 rings (SSSR count). The van der Waals surface area contributed by atoms with Crippen LogP contribution in [-0.4, -0.2) is 46.5 Å². The van der Waals surface area contributed by atoms with E-state index in [1.807, 2.05) is 31.2 Å². The van der Waals surface area contributed by atoms with Gasteiger partial charge >= 0.3 is 0 Å². The lowest BCUT2D eigenvalue weighted by Crippen LogP contribution is -2.46. The lowest BCUT2D eigenvalue weighted by atomic mass is 9.88. The number of benzene rings is 2. The van der Waals surface area contributed by atoms with E-state index in [1.165, 1.54) is 16.7 Å². The van der Waals surface area contributed by atoms with E-state index in [1.54, 1.807) is 0 Å². The highest BCUT2D eigenvalue weighted by molar-refractivity contribution is 5.67. The number of aliphatic hydroxyl groups is 2. The summed E-state index contributed by atoms with van der Waals surface area (Å²) in [6.45, 7) is 4.44. The molecule has 1 heterocycles. The number of piperidine rings is 1. The Bertz CT molecular complexity index is 663. The van der Waals surface area contributed by atoms with Gasteiger partial charge in [-0.3, -0.25) is 0 Å². The summed E-state index contributed by atoms with van der Waals surface area (Å²) < 4.78 is 0. The summed E-state index contributed by atoms with van der Waals surface area (Å²) in [5.41, 5.74) is 3.07. The van der Waals surface area contributed by atoms with Gasteiger partial charge in [0, 0.05) is 26.1 Å². The summed E-state index contributed by atoms with van der Waals surface area (Å²) in [5, 5.41) is 20.9. The minimum absolute atomic E-state index is 0.391. The van der Waals surface area contributed by atoms with Crippen molar-refractivity contribution >= 4 is 0 Å². The Hall–Kier alpha value is -1.68. The maximum atomic E-state index is 10.6. The number of aliphatic hydroxyl groups excluding tert-OH is 1. The van der Waals surface area contributed by atoms with Crippen molar-refractivity contribution in [1.82, 2.24) is 4.90 Å². The SMILES string of the molecule is CCC1(O)CCN(CC(O)Cc2ccccc2-c2ccccc2)CC1. The maximum absolute atomic E-state index is 10.6. The molecule has 0 aromatic heterocycles. The maximum Gasteiger partial charge on any atom is 0.0707 e. The number of rotatable bonds is 6. The minimum atomic E-state index is -0.499. The third-order valence-corrected chi connectivity index (χ3v) is 5.47. The Labute approximate surface area is 150 Å². The Morgan fingerprint density at radius 1 is 1.00 bits per heavy atom. The zero-order valence-electron chi connectivity index (χ0n) is 15.1. The zero-order chi connectivity index (χ0) is 17.7. The van der Waals surface area contributed by atoms with Crippen molar-refractivity contribution in [2.75, 3.05) is 19.6 Å². The van der Waals surface area contributed by atoms with E-state index < -0.39 is 11.7 Å². The van der Waals surface area contributed by atoms with Crippen LogP contribution < -0.4 is 0 Å². The molecule has 0 aliphatic carbocycles. The molecule has 1 aliphatic rings. The average molecular weight is 339 g/mol. The normalized spacial score (nSPS) is 18.8. The summed E-state index contributed by atoms with van der Waals surface area (Å²) >= 11 is 0. The summed E-state index contributed by atoms with van der Waals surface area (Å²) in [6.07, 6.45) is 2.68. The van der Waals surface area contributed by atoms with Gasteiger partial charge in [-0.1, -0.05) is 61.5 Å². The van der Waals surface area contributed by atoms with E-state index >= 15 is 0 Å². The van der Waals surface area contributed by atoms with E-state index in [9.17, 15) is 10.2 Å². The highest BCUT2D eigenvalue weighted by Crippen LogP contribution is 2.27. The molecule has 3 heteroatoms. The third-order valence-electron chi connectivity index (χ3n) is 5.47. The average Bonchev–Trinajstić information content (AvgIpc) is 2.65. The van der Waals surface area contributed by atoms with Gasteiger partial charge in [-0.05, 0) is 36.0 Å². The van der Waals surface area contributed by atoms with Crippen LogP contribution in [0.15, 0.2) is 54.6 Å². The van der Waals surface area contributed by atoms with Crippen LogP contribution >= 0.6 is 0 Å². The summed E-state index contributed by atoms with van der Waals surface area (Å²) in [6, 6.07) is 18.7. The first-order chi connectivity index (χ1) is 12.1. The van der Waals surface area contributed by atoms with Crippen LogP contribution in [0.1, 0.15) is 31.7 Å². The van der Waals surface area contributed by atoms with Crippen molar-refractivity contribution < 1.29 is 10.2 Å². The molecule has 1 fully saturated rings. The Balaban J connectivity index is 1.62. The second-order valence-electron chi connectivity index (χ2n) is 7.26. The molecule has 0 saturated carbocycles. The van der Waals surface area contributed by atoms with E-state index in [2.05, 4.69) is 35.2 Å². The van der Waals surface area contributed by atoms with Gasteiger partial charge < -0.3 is 15.1 Å². The van der Waals surface area contributed by atoms with Gasteiger partial charge in [0.15, 0.2) is 0 Å². The van der Waals surface area contributed by atoms with Crippen LogP contribution in [-0.2, 0) is 6.42 Å². The van der Waals surface area contributed by atoms with Crippen LogP contribution in [0, 0.1) is 0 Å². The second kappa shape index (κ2) is 8.13. The van der Waals surface area contributed by atoms with Crippen LogP contribution in [0.5, 0.6) is 0 Å². The number of hydrogen-bond acceptors (Lipinski definition) is 3. The van der Waals surface area contributed by atoms with Gasteiger partial charge in [-0.2, -0.15) is 0 Å². The largest absolute Gasteiger partial charge is 0.391 e. The Kier molecular flexibility index (Phi) is 5.89. The van der Waals surface area contributed by atoms with Crippen LogP contribution in [0.4, 0.5) is 0 Å². The second-order valence-corrected chi connectivity index (χ2v) is 7.26. The minimum Gasteiger partial charge on any atom is -0.391 e. The summed E-state index contributed by atoms with van der Waals surface area (Å²) in [5.74, 6) is 0. The quantitative estimate of drug-likeness (QED) is 0.847. The van der Waals surface area contributed by atoms with Crippen LogP contribution in [0.3, 0.4) is 0 Å². The Morgan fingerprint density at radius 3 is 2.32 bits per heavy atom. The molecule has 3 nitrogen and oxygen atoms in total. The molecule has 0 amide bonds. The van der Waals surface area contributed by atoms with Crippen molar-refractivity contribution in [1.29, 1.82) is 0 Å². The lowest BCUT2D eigenvalue weighted by molar-refractivity contribution is -0.0320. The zero-order valence-corrected chi connectivity index (χ0v) is 15.1. The number of β-amino-alcohol motifs (C(OH)–C–C–N with tert-alkyl or cyclic N) is 1. The fourth-order valence-electron chi connectivity index (χ4n) is 3.72. The molecule has 0 bridgehead atoms. The standard InChI is InChI=1S/C22H29NO2/c1-2-22(25)12-14-23(15-13-22)17-20(24)16-19-10-6-7-11-21(19)18-8-4-3-5-9-18/h3-11,20,24-25H,2,12-17H2,1H3. The topological polar surface area (TPSA) is 43.7 Å². The summed E-state index contributed by atoms with van der Waals surface area (Å²) in [7, 11) is 0. The van der Waals surface area contributed by atoms with E-state index in [0.717, 1.165) is 32.4 Å². The smallest absolute Gasteiger partial charge is 0.0707 e. The first-order valence-corrected chi connectivity index (χ1v) is 9.36. The van der Waals surface area contributed by atoms with Gasteiger partial charge in [0.05, 0.1) is 11.7 Å². The monoisotopic (exact) mass is 339 g/mol. The molecule has 2 aromatic carbocycles. The molecular formula is C22H29NO2. The molecular weight excluding hydrogens is 310 g/mol. The molecule has 2 N–H and O–H groups in total. The Morgan fingerprint density at radius 2 is 1.64 bits per heavy atom. The third kappa shape index (κ3) is 4.69. The van der Waals surface area contributed by atoms with Crippen molar-refractivity contribution in [3.63, 3.8) is 0 Å². The van der Waals surface area contributed by atoms with Gasteiger partial charge in [-0.25, -0.2) is 0 Å². The molecule has 1 saturated heterocycles. The lowest BCUT2D eigenvalue weighted by Gasteiger charge is -2.38. The van der Waals surface area contributed by atoms with Crippen LogP contribution in [0.25, 0.3) is 11.1 Å². The van der Waals surface area contributed by atoms with Crippen LogP contribution in [0.2, 0.25) is 0 Å². The van der Waals surface area contributed by atoms with Gasteiger partial charge in [0.25, 0.3) is 0 Å². The number of likely N-dealkylation sites (tertiary alicyclic amines) is 1. The fourth-order valence-corrected chi connectivity index (χ4v) is 3.72. The molecule has 134 valence electrons. The summed E-state index contributed by atoms with van der Waals surface area (Å²) in [4.78, 5) is 2.28. The van der Waals surface area contributed by atoms with Crippen molar-refractivity contribution in [3.05, 3.63) is 60.2 Å². The van der Waals surface area contributed by atoms with Gasteiger partial charge in [-0.15, -0.1) is 0 Å². The molecule has 1 aliphatic heterocycles. The molecule has 1 atom stereocenters. The fraction of sp³-hybridized carbons (Fsp3) is 0.455. The molecule has 2 aromatic rings. The van der Waals surface area contributed by atoms with Gasteiger partial charge in [0.2, 0.25) is 0 Å². The predicted molar refractivity (Wildman–Crippen MR) is 103 cm³/mol. The molecule has 0 radical (unpaired) electrons. The van der Waals surface area contributed by atoms with Gasteiger partial charge in [0.1, 0.15) is 0 Å². The molecule has 1 unspecified atom stereocenters. The number of nitrogens with zero attached hydrogens (tertiary/aromatic N) is 1. The van der Waals surface area contributed by atoms with Crippen molar-refractivity contribution in [3.8, 4) is 11.1 Å². The highest BCUT2D eigenvalue weighted by atomic mass is 16.3. The first-order valence-electron chi connectivity index (χ1n) is 9.36. The van der Waals surface area contributed by atoms with E-state index in [4.69, 9.17) is 0 Å². The van der Waals surface area contributed by atoms with E-state index in [0.29, 0.717) is 13.0 Å². The van der Waals surface area contributed by atoms with E-state index in [-0.39, 0.29) is 0 Å². The molecule has 0 spiro atoms. The van der Waals surface area contributed by atoms with Crippen molar-refractivity contribution in [2.45, 2.75) is 44.3 Å². The van der Waals surface area contributed by atoms with Crippen molar-refractivity contribution in [2.24, 2.45) is 0 Å². The molecule has 25 heavy (non-hydrogen) atoms. The predicted octanol–water partition coefficient (Wildman–Crippen LogP) is 3.49. The highest BCUT2D eigenvalue weighted by Gasteiger charge is 2.30. The first kappa shape index (κ1) is 18.1. The number of hydrogen-bond donors (Lipinski definition) is 2.